The summed E-state index contributed by atoms with van der Waals surface area (Å²) in [7, 11) is 0. The van der Waals surface area contributed by atoms with Crippen LogP contribution in [0.25, 0.3) is 16.6 Å². The van der Waals surface area contributed by atoms with Gasteiger partial charge in [0.2, 0.25) is 0 Å². The third kappa shape index (κ3) is 2.60. The highest BCUT2D eigenvalue weighted by atomic mass is 79.9. The van der Waals surface area contributed by atoms with Gasteiger partial charge in [0.05, 0.1) is 23.2 Å². The molecular formula is C16H13BrN2O2S. The van der Waals surface area contributed by atoms with E-state index in [1.54, 1.807) is 6.07 Å². The van der Waals surface area contributed by atoms with E-state index >= 15 is 0 Å². The van der Waals surface area contributed by atoms with Crippen molar-refractivity contribution in [2.45, 2.75) is 6.92 Å². The first kappa shape index (κ1) is 15.0. The van der Waals surface area contributed by atoms with Gasteiger partial charge < -0.3 is 9.72 Å². The van der Waals surface area contributed by atoms with Crippen LogP contribution in [0.1, 0.15) is 6.92 Å². The first-order valence-electron chi connectivity index (χ1n) is 6.78. The van der Waals surface area contributed by atoms with Crippen LogP contribution in [-0.4, -0.2) is 16.2 Å². The molecule has 0 saturated heterocycles. The summed E-state index contributed by atoms with van der Waals surface area (Å²) in [5.74, 6) is 0.626. The van der Waals surface area contributed by atoms with Crippen LogP contribution >= 0.6 is 28.1 Å². The van der Waals surface area contributed by atoms with Crippen LogP contribution < -0.4 is 10.3 Å². The number of nitrogens with zero attached hydrogens (tertiary/aromatic N) is 1. The van der Waals surface area contributed by atoms with E-state index in [9.17, 15) is 4.79 Å². The maximum atomic E-state index is 12.9. The van der Waals surface area contributed by atoms with Gasteiger partial charge in [-0.2, -0.15) is 0 Å². The van der Waals surface area contributed by atoms with E-state index < -0.39 is 0 Å². The lowest BCUT2D eigenvalue weighted by Gasteiger charge is -2.13. The van der Waals surface area contributed by atoms with Crippen molar-refractivity contribution in [1.29, 1.82) is 0 Å². The number of hydrogen-bond acceptors (Lipinski definition) is 3. The van der Waals surface area contributed by atoms with Crippen molar-refractivity contribution in [3.63, 3.8) is 0 Å². The van der Waals surface area contributed by atoms with Gasteiger partial charge in [-0.25, -0.2) is 4.57 Å². The zero-order chi connectivity index (χ0) is 15.7. The molecule has 4 nitrogen and oxygen atoms in total. The molecule has 0 spiro atoms. The highest BCUT2D eigenvalue weighted by molar-refractivity contribution is 9.10. The molecule has 112 valence electrons. The van der Waals surface area contributed by atoms with E-state index in [2.05, 4.69) is 20.9 Å². The molecule has 1 N–H and O–H groups in total. The molecule has 0 fully saturated rings. The number of ether oxygens (including phenoxy) is 1. The summed E-state index contributed by atoms with van der Waals surface area (Å²) < 4.78 is 8.26. The fourth-order valence-electron chi connectivity index (χ4n) is 2.32. The number of nitrogens with one attached hydrogen (secondary N) is 1. The molecule has 0 aliphatic carbocycles. The quantitative estimate of drug-likeness (QED) is 0.696. The largest absolute Gasteiger partial charge is 0.492 e. The molecule has 2 aromatic carbocycles. The molecule has 22 heavy (non-hydrogen) atoms. The molecule has 0 aliphatic heterocycles. The third-order valence-corrected chi connectivity index (χ3v) is 4.04. The zero-order valence-electron chi connectivity index (χ0n) is 11.8. The van der Waals surface area contributed by atoms with Crippen molar-refractivity contribution < 1.29 is 4.74 Å². The van der Waals surface area contributed by atoms with E-state index in [0.29, 0.717) is 33.7 Å². The molecule has 0 bridgehead atoms. The molecule has 6 heteroatoms. The number of rotatable bonds is 3. The number of fused-ring (bicyclic) bond motifs is 1. The normalized spacial score (nSPS) is 10.8. The van der Waals surface area contributed by atoms with E-state index in [1.807, 2.05) is 43.3 Å². The standard InChI is InChI=1S/C16H13BrN2O2S/c1-2-21-14-6-4-3-5-13(14)19-15(20)11-9-10(17)7-8-12(11)18-16(19)22/h3-9H,2H2,1H3,(H,18,22). The van der Waals surface area contributed by atoms with Crippen molar-refractivity contribution in [2.24, 2.45) is 0 Å². The van der Waals surface area contributed by atoms with Gasteiger partial charge in [0.15, 0.2) is 4.77 Å². The van der Waals surface area contributed by atoms with E-state index in [4.69, 9.17) is 17.0 Å². The highest BCUT2D eigenvalue weighted by Gasteiger charge is 2.11. The lowest BCUT2D eigenvalue weighted by atomic mass is 10.2. The Balaban J connectivity index is 2.37. The first-order valence-corrected chi connectivity index (χ1v) is 7.98. The molecule has 0 aliphatic rings. The Labute approximate surface area is 140 Å². The summed E-state index contributed by atoms with van der Waals surface area (Å²) in [4.78, 5) is 16.0. The van der Waals surface area contributed by atoms with Gasteiger partial charge in [0, 0.05) is 4.47 Å². The average molecular weight is 377 g/mol. The second-order valence-corrected chi connectivity index (χ2v) is 5.96. The average Bonchev–Trinajstić information content (AvgIpc) is 2.50. The van der Waals surface area contributed by atoms with Crippen LogP contribution in [0.2, 0.25) is 0 Å². The summed E-state index contributed by atoms with van der Waals surface area (Å²) in [5.41, 5.74) is 1.17. The molecule has 3 rings (SSSR count). The lowest BCUT2D eigenvalue weighted by molar-refractivity contribution is 0.339. The van der Waals surface area contributed by atoms with E-state index in [-0.39, 0.29) is 5.56 Å². The van der Waals surface area contributed by atoms with E-state index in [0.717, 1.165) is 4.47 Å². The van der Waals surface area contributed by atoms with Gasteiger partial charge >= 0.3 is 0 Å². The molecule has 1 aromatic heterocycles. The number of aromatic amines is 1. The number of halogens is 1. The molecule has 0 atom stereocenters. The maximum absolute atomic E-state index is 12.9. The van der Waals surface area contributed by atoms with Crippen LogP contribution in [0, 0.1) is 4.77 Å². The minimum absolute atomic E-state index is 0.174. The van der Waals surface area contributed by atoms with Gasteiger partial charge in [0.1, 0.15) is 5.75 Å². The van der Waals surface area contributed by atoms with Crippen LogP contribution in [0.5, 0.6) is 5.75 Å². The second kappa shape index (κ2) is 6.06. The van der Waals surface area contributed by atoms with Crippen LogP contribution in [-0.2, 0) is 0 Å². The second-order valence-electron chi connectivity index (χ2n) is 4.66. The number of benzene rings is 2. The fourth-order valence-corrected chi connectivity index (χ4v) is 2.98. The Bertz CT molecular complexity index is 962. The molecule has 0 saturated carbocycles. The van der Waals surface area contributed by atoms with Crippen LogP contribution in [0.3, 0.4) is 0 Å². The molecule has 0 radical (unpaired) electrons. The topological polar surface area (TPSA) is 47.0 Å². The zero-order valence-corrected chi connectivity index (χ0v) is 14.2. The molecule has 0 amide bonds. The Morgan fingerprint density at radius 3 is 2.82 bits per heavy atom. The Morgan fingerprint density at radius 2 is 2.05 bits per heavy atom. The Kier molecular flexibility index (Phi) is 4.13. The SMILES string of the molecule is CCOc1ccccc1-n1c(=S)[nH]c2ccc(Br)cc2c1=O. The minimum atomic E-state index is -0.174. The predicted molar refractivity (Wildman–Crippen MR) is 93.6 cm³/mol. The number of aromatic nitrogens is 2. The van der Waals surface area contributed by atoms with Crippen molar-refractivity contribution in [3.8, 4) is 11.4 Å². The van der Waals surface area contributed by atoms with Crippen molar-refractivity contribution >= 4 is 39.1 Å². The van der Waals surface area contributed by atoms with Crippen molar-refractivity contribution in [3.05, 3.63) is 62.1 Å². The monoisotopic (exact) mass is 376 g/mol. The van der Waals surface area contributed by atoms with Gasteiger partial charge in [-0.05, 0) is 49.5 Å². The van der Waals surface area contributed by atoms with Gasteiger partial charge in [0.25, 0.3) is 5.56 Å². The highest BCUT2D eigenvalue weighted by Crippen LogP contribution is 2.23. The van der Waals surface area contributed by atoms with Crippen molar-refractivity contribution in [2.75, 3.05) is 6.61 Å². The minimum Gasteiger partial charge on any atom is -0.492 e. The maximum Gasteiger partial charge on any atom is 0.266 e. The van der Waals surface area contributed by atoms with Gasteiger partial charge in [-0.1, -0.05) is 28.1 Å². The summed E-state index contributed by atoms with van der Waals surface area (Å²) in [6, 6.07) is 12.8. The predicted octanol–water partition coefficient (Wildman–Crippen LogP) is 4.21. The third-order valence-electron chi connectivity index (χ3n) is 3.27. The summed E-state index contributed by atoms with van der Waals surface area (Å²) >= 11 is 8.76. The smallest absolute Gasteiger partial charge is 0.266 e. The lowest BCUT2D eigenvalue weighted by Crippen LogP contribution is -2.21. The number of hydrogen-bond donors (Lipinski definition) is 1. The number of H-pyrrole nitrogens is 1. The van der Waals surface area contributed by atoms with Crippen LogP contribution in [0.15, 0.2) is 51.7 Å². The fraction of sp³-hybridized carbons (Fsp3) is 0.125. The Hall–Kier alpha value is -1.92. The van der Waals surface area contributed by atoms with Gasteiger partial charge in [-0.15, -0.1) is 0 Å². The first-order chi connectivity index (χ1) is 10.6. The van der Waals surface area contributed by atoms with Crippen molar-refractivity contribution in [1.82, 2.24) is 9.55 Å². The Morgan fingerprint density at radius 1 is 1.27 bits per heavy atom. The summed E-state index contributed by atoms with van der Waals surface area (Å²) in [6.07, 6.45) is 0. The molecule has 1 heterocycles. The van der Waals surface area contributed by atoms with E-state index in [1.165, 1.54) is 4.57 Å². The molecule has 0 unspecified atom stereocenters. The molecule has 3 aromatic rings. The summed E-state index contributed by atoms with van der Waals surface area (Å²) in [6.45, 7) is 2.42. The molecular weight excluding hydrogens is 364 g/mol. The van der Waals surface area contributed by atoms with Crippen LogP contribution in [0.4, 0.5) is 0 Å². The number of para-hydroxylation sites is 2. The van der Waals surface area contributed by atoms with Gasteiger partial charge in [-0.3, -0.25) is 4.79 Å². The summed E-state index contributed by atoms with van der Waals surface area (Å²) in [5, 5.41) is 0.564.